The smallest absolute Gasteiger partial charge is 0.321 e. The van der Waals surface area contributed by atoms with E-state index in [0.717, 1.165) is 6.42 Å². The lowest BCUT2D eigenvalue weighted by Crippen LogP contribution is -2.46. The maximum atomic E-state index is 10.8. The molecule has 0 aromatic heterocycles. The Balaban J connectivity index is 2.04. The summed E-state index contributed by atoms with van der Waals surface area (Å²) in [6, 6.07) is -0.419. The molecule has 0 bridgehead atoms. The normalized spacial score (nSPS) is 40.6. The zero-order valence-corrected chi connectivity index (χ0v) is 9.19. The largest absolute Gasteiger partial charge is 0.480 e. The molecular formula is C9H15NO3S. The molecular weight excluding hydrogens is 202 g/mol. The van der Waals surface area contributed by atoms with E-state index in [0.29, 0.717) is 12.4 Å². The first-order chi connectivity index (χ1) is 6.43. The summed E-state index contributed by atoms with van der Waals surface area (Å²) < 4.78 is 5.63. The second kappa shape index (κ2) is 3.12. The van der Waals surface area contributed by atoms with Crippen LogP contribution in [0.2, 0.25) is 0 Å². The fraction of sp³-hybridized carbons (Fsp3) is 0.889. The van der Waals surface area contributed by atoms with Gasteiger partial charge in [-0.1, -0.05) is 0 Å². The Morgan fingerprint density at radius 3 is 2.79 bits per heavy atom. The Kier molecular flexibility index (Phi) is 2.28. The van der Waals surface area contributed by atoms with Crippen molar-refractivity contribution in [3.05, 3.63) is 0 Å². The van der Waals surface area contributed by atoms with Crippen LogP contribution in [0.15, 0.2) is 0 Å². The molecule has 5 heteroatoms. The minimum Gasteiger partial charge on any atom is -0.480 e. The van der Waals surface area contributed by atoms with Crippen molar-refractivity contribution >= 4 is 17.7 Å². The van der Waals surface area contributed by atoms with Gasteiger partial charge < -0.3 is 9.84 Å². The molecule has 1 unspecified atom stereocenters. The van der Waals surface area contributed by atoms with Gasteiger partial charge in [-0.3, -0.25) is 10.1 Å². The van der Waals surface area contributed by atoms with E-state index < -0.39 is 12.0 Å². The van der Waals surface area contributed by atoms with Gasteiger partial charge in [-0.2, -0.15) is 0 Å². The number of aliphatic carboxylic acids is 1. The molecule has 4 nitrogen and oxygen atoms in total. The van der Waals surface area contributed by atoms with Crippen LogP contribution in [0.1, 0.15) is 20.3 Å². The van der Waals surface area contributed by atoms with Crippen molar-refractivity contribution in [3.63, 3.8) is 0 Å². The minimum absolute atomic E-state index is 0.132. The van der Waals surface area contributed by atoms with E-state index in [2.05, 4.69) is 5.32 Å². The Hall–Kier alpha value is -0.260. The Morgan fingerprint density at radius 2 is 2.36 bits per heavy atom. The summed E-state index contributed by atoms with van der Waals surface area (Å²) in [5, 5.41) is 12.0. The average molecular weight is 217 g/mol. The van der Waals surface area contributed by atoms with Crippen molar-refractivity contribution in [1.82, 2.24) is 5.32 Å². The van der Waals surface area contributed by atoms with Gasteiger partial charge in [0.1, 0.15) is 6.04 Å². The average Bonchev–Trinajstić information content (AvgIpc) is 2.58. The number of hydrogen-bond donors (Lipinski definition) is 2. The lowest BCUT2D eigenvalue weighted by atomic mass is 10.0. The van der Waals surface area contributed by atoms with Gasteiger partial charge in [-0.05, 0) is 13.8 Å². The lowest BCUT2D eigenvalue weighted by molar-refractivity contribution is -0.138. The number of carbonyl (C=O) groups is 1. The van der Waals surface area contributed by atoms with Crippen LogP contribution in [-0.2, 0) is 9.53 Å². The first-order valence-electron chi connectivity index (χ1n) is 4.71. The first kappa shape index (κ1) is 10.3. The highest BCUT2D eigenvalue weighted by Gasteiger charge is 2.50. The van der Waals surface area contributed by atoms with Gasteiger partial charge in [-0.25, -0.2) is 0 Å². The summed E-state index contributed by atoms with van der Waals surface area (Å²) in [5.41, 5.74) is -0.132. The monoisotopic (exact) mass is 217 g/mol. The highest BCUT2D eigenvalue weighted by Crippen LogP contribution is 2.43. The van der Waals surface area contributed by atoms with Crippen molar-refractivity contribution in [2.24, 2.45) is 0 Å². The third-order valence-electron chi connectivity index (χ3n) is 2.67. The summed E-state index contributed by atoms with van der Waals surface area (Å²) in [7, 11) is 0. The van der Waals surface area contributed by atoms with Crippen LogP contribution < -0.4 is 5.32 Å². The predicted molar refractivity (Wildman–Crippen MR) is 54.4 cm³/mol. The number of hydrogen-bond acceptors (Lipinski definition) is 4. The Morgan fingerprint density at radius 1 is 1.64 bits per heavy atom. The molecule has 0 saturated carbocycles. The molecule has 0 aromatic rings. The Bertz CT molecular complexity index is 269. The van der Waals surface area contributed by atoms with Gasteiger partial charge in [0.2, 0.25) is 0 Å². The molecule has 0 aromatic carbocycles. The van der Waals surface area contributed by atoms with Crippen LogP contribution in [0.4, 0.5) is 0 Å². The van der Waals surface area contributed by atoms with E-state index in [9.17, 15) is 4.79 Å². The Labute approximate surface area is 87.4 Å². The number of thioether (sulfide) groups is 1. The summed E-state index contributed by atoms with van der Waals surface area (Å²) in [4.78, 5) is 10.6. The second-order valence-electron chi connectivity index (χ2n) is 4.57. The van der Waals surface area contributed by atoms with Crippen LogP contribution in [-0.4, -0.2) is 39.9 Å². The van der Waals surface area contributed by atoms with E-state index in [4.69, 9.17) is 9.84 Å². The van der Waals surface area contributed by atoms with E-state index in [-0.39, 0.29) is 10.5 Å². The van der Waals surface area contributed by atoms with Crippen molar-refractivity contribution in [3.8, 4) is 0 Å². The molecule has 0 aliphatic carbocycles. The molecule has 2 aliphatic heterocycles. The minimum atomic E-state index is -0.765. The third-order valence-corrected chi connectivity index (χ3v) is 4.10. The number of carboxylic acid groups (broad SMARTS) is 1. The van der Waals surface area contributed by atoms with Gasteiger partial charge in [0.15, 0.2) is 0 Å². The van der Waals surface area contributed by atoms with Gasteiger partial charge in [-0.15, -0.1) is 11.8 Å². The third kappa shape index (κ3) is 1.76. The maximum Gasteiger partial charge on any atom is 0.321 e. The molecule has 2 atom stereocenters. The number of ether oxygens (including phenoxy) is 1. The fourth-order valence-corrected chi connectivity index (χ4v) is 3.59. The molecule has 2 rings (SSSR count). The van der Waals surface area contributed by atoms with Crippen LogP contribution in [0.25, 0.3) is 0 Å². The second-order valence-corrected chi connectivity index (χ2v) is 5.97. The van der Waals surface area contributed by atoms with Crippen LogP contribution in [0.3, 0.4) is 0 Å². The molecule has 0 radical (unpaired) electrons. The molecule has 2 fully saturated rings. The van der Waals surface area contributed by atoms with E-state index in [1.54, 1.807) is 11.8 Å². The molecule has 14 heavy (non-hydrogen) atoms. The maximum absolute atomic E-state index is 10.8. The summed E-state index contributed by atoms with van der Waals surface area (Å²) >= 11 is 1.67. The van der Waals surface area contributed by atoms with E-state index in [1.165, 1.54) is 0 Å². The molecule has 2 aliphatic rings. The zero-order valence-electron chi connectivity index (χ0n) is 8.37. The predicted octanol–water partition coefficient (Wildman–Crippen LogP) is 0.671. The van der Waals surface area contributed by atoms with Gasteiger partial charge in [0.05, 0.1) is 17.1 Å². The molecule has 80 valence electrons. The molecule has 2 heterocycles. The summed E-state index contributed by atoms with van der Waals surface area (Å²) in [5.74, 6) is -0.131. The van der Waals surface area contributed by atoms with E-state index >= 15 is 0 Å². The van der Waals surface area contributed by atoms with Crippen molar-refractivity contribution in [1.29, 1.82) is 0 Å². The van der Waals surface area contributed by atoms with Crippen LogP contribution >= 0.6 is 11.8 Å². The zero-order chi connectivity index (χ0) is 10.4. The lowest BCUT2D eigenvalue weighted by Gasteiger charge is -2.22. The van der Waals surface area contributed by atoms with E-state index in [1.807, 2.05) is 13.8 Å². The standard InChI is InChI=1S/C9H15NO3S/c1-8(2)4-9(5-13-8)10-6(3-14-9)7(11)12/h6,10H,3-5H2,1-2H3,(H,11,12)/t6-,9?/m0/s1. The number of carboxylic acids is 1. The summed E-state index contributed by atoms with van der Waals surface area (Å²) in [6.45, 7) is 4.69. The number of rotatable bonds is 1. The quantitative estimate of drug-likeness (QED) is 0.676. The molecule has 0 amide bonds. The van der Waals surface area contributed by atoms with Crippen molar-refractivity contribution < 1.29 is 14.6 Å². The van der Waals surface area contributed by atoms with Crippen LogP contribution in [0, 0.1) is 0 Å². The molecule has 2 N–H and O–H groups in total. The molecule has 2 saturated heterocycles. The van der Waals surface area contributed by atoms with Crippen molar-refractivity contribution in [2.45, 2.75) is 36.8 Å². The van der Waals surface area contributed by atoms with Crippen molar-refractivity contribution in [2.75, 3.05) is 12.4 Å². The van der Waals surface area contributed by atoms with Gasteiger partial charge in [0, 0.05) is 12.2 Å². The summed E-state index contributed by atoms with van der Waals surface area (Å²) in [6.07, 6.45) is 0.869. The topological polar surface area (TPSA) is 58.6 Å². The first-order valence-corrected chi connectivity index (χ1v) is 5.70. The highest BCUT2D eigenvalue weighted by atomic mass is 32.2. The van der Waals surface area contributed by atoms with Crippen LogP contribution in [0.5, 0.6) is 0 Å². The van der Waals surface area contributed by atoms with Gasteiger partial charge >= 0.3 is 5.97 Å². The number of nitrogens with one attached hydrogen (secondary N) is 1. The SMILES string of the molecule is CC1(C)CC2(CO1)N[C@H](C(=O)O)CS2. The fourth-order valence-electron chi connectivity index (χ4n) is 2.06. The molecule has 1 spiro atoms. The highest BCUT2D eigenvalue weighted by molar-refractivity contribution is 8.01. The van der Waals surface area contributed by atoms with Gasteiger partial charge in [0.25, 0.3) is 0 Å².